The molecule has 0 atom stereocenters. The third-order valence-electron chi connectivity index (χ3n) is 2.71. The maximum absolute atomic E-state index is 10.8. The highest BCUT2D eigenvalue weighted by Crippen LogP contribution is 2.12. The summed E-state index contributed by atoms with van der Waals surface area (Å²) < 4.78 is 0. The third kappa shape index (κ3) is 2.69. The van der Waals surface area contributed by atoms with E-state index in [9.17, 15) is 5.21 Å². The number of quaternary nitrogens is 1. The van der Waals surface area contributed by atoms with Gasteiger partial charge in [-0.3, -0.25) is 0 Å². The molecule has 16 heavy (non-hydrogen) atoms. The first-order chi connectivity index (χ1) is 7.90. The van der Waals surface area contributed by atoms with Gasteiger partial charge in [-0.2, -0.15) is 0 Å². The average Bonchev–Trinajstić information content (AvgIpc) is 2.38. The SMILES string of the molecule is [O-][NH2+]c1ccccc1CCc1ccccc1. The van der Waals surface area contributed by atoms with E-state index in [1.807, 2.05) is 42.5 Å². The molecular formula is C14H15NO. The minimum atomic E-state index is 0.804. The van der Waals surface area contributed by atoms with Crippen LogP contribution in [0.3, 0.4) is 0 Å². The maximum atomic E-state index is 10.8. The first-order valence-corrected chi connectivity index (χ1v) is 5.47. The summed E-state index contributed by atoms with van der Waals surface area (Å²) in [5.41, 5.74) is 4.17. The van der Waals surface area contributed by atoms with Crippen molar-refractivity contribution >= 4 is 5.69 Å². The number of benzene rings is 2. The highest BCUT2D eigenvalue weighted by molar-refractivity contribution is 5.39. The molecule has 0 aliphatic heterocycles. The number of aryl methyl sites for hydroxylation is 2. The summed E-state index contributed by atoms with van der Waals surface area (Å²) in [5.74, 6) is 0. The predicted octanol–water partition coefficient (Wildman–Crippen LogP) is 2.16. The molecule has 2 aromatic carbocycles. The van der Waals surface area contributed by atoms with E-state index in [2.05, 4.69) is 12.1 Å². The Balaban J connectivity index is 2.05. The monoisotopic (exact) mass is 213 g/mol. The van der Waals surface area contributed by atoms with E-state index in [-0.39, 0.29) is 0 Å². The Labute approximate surface area is 95.5 Å². The van der Waals surface area contributed by atoms with Crippen LogP contribution in [0.5, 0.6) is 0 Å². The molecular weight excluding hydrogens is 198 g/mol. The second-order valence-corrected chi connectivity index (χ2v) is 3.80. The lowest BCUT2D eigenvalue weighted by Gasteiger charge is -2.08. The molecule has 0 spiro atoms. The Morgan fingerprint density at radius 3 is 2.25 bits per heavy atom. The molecule has 0 aromatic heterocycles. The summed E-state index contributed by atoms with van der Waals surface area (Å²) in [5, 5.41) is 10.8. The van der Waals surface area contributed by atoms with Crippen LogP contribution >= 0.6 is 0 Å². The van der Waals surface area contributed by atoms with Gasteiger partial charge in [0.05, 0.1) is 0 Å². The smallest absolute Gasteiger partial charge is 0.132 e. The number of rotatable bonds is 4. The molecule has 0 aliphatic carbocycles. The van der Waals surface area contributed by atoms with Crippen molar-refractivity contribution in [2.24, 2.45) is 0 Å². The molecule has 2 aromatic rings. The summed E-state index contributed by atoms with van der Waals surface area (Å²) in [4.78, 5) is 0. The molecule has 2 rings (SSSR count). The van der Waals surface area contributed by atoms with Gasteiger partial charge in [-0.1, -0.05) is 48.5 Å². The zero-order valence-corrected chi connectivity index (χ0v) is 9.10. The van der Waals surface area contributed by atoms with Gasteiger partial charge in [0.15, 0.2) is 0 Å². The Kier molecular flexibility index (Phi) is 3.70. The van der Waals surface area contributed by atoms with E-state index in [0.29, 0.717) is 0 Å². The van der Waals surface area contributed by atoms with Crippen LogP contribution in [-0.2, 0) is 12.8 Å². The molecule has 0 fully saturated rings. The van der Waals surface area contributed by atoms with Crippen LogP contribution in [0.25, 0.3) is 0 Å². The summed E-state index contributed by atoms with van der Waals surface area (Å²) in [6, 6.07) is 18.1. The Hall–Kier alpha value is -1.64. The molecule has 2 heteroatoms. The molecule has 0 heterocycles. The van der Waals surface area contributed by atoms with Crippen molar-refractivity contribution in [1.29, 1.82) is 0 Å². The van der Waals surface area contributed by atoms with E-state index in [1.54, 1.807) is 0 Å². The van der Waals surface area contributed by atoms with E-state index in [4.69, 9.17) is 0 Å². The van der Waals surface area contributed by atoms with Crippen molar-refractivity contribution in [3.63, 3.8) is 0 Å². The zero-order chi connectivity index (χ0) is 11.2. The van der Waals surface area contributed by atoms with Crippen molar-refractivity contribution in [1.82, 2.24) is 0 Å². The van der Waals surface area contributed by atoms with Gasteiger partial charge in [0, 0.05) is 5.56 Å². The van der Waals surface area contributed by atoms with E-state index in [1.165, 1.54) is 5.56 Å². The maximum Gasteiger partial charge on any atom is 0.132 e. The number of hydrogen-bond acceptors (Lipinski definition) is 1. The molecule has 0 aliphatic rings. The highest BCUT2D eigenvalue weighted by atomic mass is 16.5. The highest BCUT2D eigenvalue weighted by Gasteiger charge is 2.02. The first kappa shape index (κ1) is 10.9. The Bertz CT molecular complexity index is 439. The van der Waals surface area contributed by atoms with Crippen LogP contribution in [0.4, 0.5) is 5.69 Å². The minimum Gasteiger partial charge on any atom is -0.630 e. The summed E-state index contributed by atoms with van der Waals surface area (Å²) in [6.45, 7) is 0. The fraction of sp³-hybridized carbons (Fsp3) is 0.143. The summed E-state index contributed by atoms with van der Waals surface area (Å²) in [7, 11) is 0. The van der Waals surface area contributed by atoms with Gasteiger partial charge in [-0.25, -0.2) is 0 Å². The minimum absolute atomic E-state index is 0.804. The molecule has 2 nitrogen and oxygen atoms in total. The molecule has 82 valence electrons. The van der Waals surface area contributed by atoms with E-state index >= 15 is 0 Å². The molecule has 2 N–H and O–H groups in total. The first-order valence-electron chi connectivity index (χ1n) is 5.47. The van der Waals surface area contributed by atoms with Crippen molar-refractivity contribution in [3.8, 4) is 0 Å². The Morgan fingerprint density at radius 1 is 0.812 bits per heavy atom. The molecule has 0 saturated heterocycles. The molecule has 0 unspecified atom stereocenters. The fourth-order valence-electron chi connectivity index (χ4n) is 1.80. The second-order valence-electron chi connectivity index (χ2n) is 3.80. The number of nitrogens with two attached hydrogens (primary N) is 1. The third-order valence-corrected chi connectivity index (χ3v) is 2.71. The van der Waals surface area contributed by atoms with Crippen LogP contribution in [0.1, 0.15) is 11.1 Å². The molecule has 0 bridgehead atoms. The van der Waals surface area contributed by atoms with Crippen molar-refractivity contribution in [2.45, 2.75) is 12.8 Å². The zero-order valence-electron chi connectivity index (χ0n) is 9.10. The van der Waals surface area contributed by atoms with Gasteiger partial charge in [-0.15, -0.1) is 0 Å². The second kappa shape index (κ2) is 5.45. The lowest BCUT2D eigenvalue weighted by Crippen LogP contribution is -2.70. The van der Waals surface area contributed by atoms with Gasteiger partial charge >= 0.3 is 0 Å². The van der Waals surface area contributed by atoms with E-state index in [0.717, 1.165) is 29.6 Å². The van der Waals surface area contributed by atoms with Gasteiger partial charge < -0.3 is 10.7 Å². The summed E-state index contributed by atoms with van der Waals surface area (Å²) in [6.07, 6.45) is 1.89. The van der Waals surface area contributed by atoms with Gasteiger partial charge in [0.25, 0.3) is 0 Å². The lowest BCUT2D eigenvalue weighted by atomic mass is 10.0. The van der Waals surface area contributed by atoms with Crippen molar-refractivity contribution in [3.05, 3.63) is 70.9 Å². The van der Waals surface area contributed by atoms with Crippen molar-refractivity contribution < 1.29 is 5.48 Å². The van der Waals surface area contributed by atoms with Gasteiger partial charge in [0.2, 0.25) is 0 Å². The molecule has 0 amide bonds. The lowest BCUT2D eigenvalue weighted by molar-refractivity contribution is -0.497. The molecule has 0 saturated carbocycles. The van der Waals surface area contributed by atoms with Crippen LogP contribution in [0.2, 0.25) is 0 Å². The van der Waals surface area contributed by atoms with Crippen LogP contribution in [-0.4, -0.2) is 0 Å². The van der Waals surface area contributed by atoms with Crippen LogP contribution < -0.4 is 5.48 Å². The van der Waals surface area contributed by atoms with Crippen LogP contribution in [0, 0.1) is 5.21 Å². The number of hydrogen-bond donors (Lipinski definition) is 1. The normalized spacial score (nSPS) is 10.3. The average molecular weight is 213 g/mol. The fourth-order valence-corrected chi connectivity index (χ4v) is 1.80. The standard InChI is InChI=1S/C14H15NO/c16-15-14-9-5-4-8-13(14)11-10-12-6-2-1-3-7-12/h1-9H,10-11,15H2. The topological polar surface area (TPSA) is 39.7 Å². The van der Waals surface area contributed by atoms with E-state index < -0.39 is 0 Å². The largest absolute Gasteiger partial charge is 0.630 e. The quantitative estimate of drug-likeness (QED) is 0.613. The van der Waals surface area contributed by atoms with Crippen LogP contribution in [0.15, 0.2) is 54.6 Å². The summed E-state index contributed by atoms with van der Waals surface area (Å²) >= 11 is 0. The Morgan fingerprint density at radius 2 is 1.50 bits per heavy atom. The van der Waals surface area contributed by atoms with Crippen molar-refractivity contribution in [2.75, 3.05) is 0 Å². The van der Waals surface area contributed by atoms with Gasteiger partial charge in [0.1, 0.15) is 5.69 Å². The van der Waals surface area contributed by atoms with Gasteiger partial charge in [-0.05, 0) is 24.5 Å². The molecule has 0 radical (unpaired) electrons. The predicted molar refractivity (Wildman–Crippen MR) is 65.2 cm³/mol.